The molecule has 1 saturated carbocycles. The first-order valence-electron chi connectivity index (χ1n) is 15.0. The van der Waals surface area contributed by atoms with Gasteiger partial charge in [-0.25, -0.2) is 4.98 Å². The molecule has 2 aliphatic carbocycles. The zero-order valence-electron chi connectivity index (χ0n) is 23.6. The van der Waals surface area contributed by atoms with Gasteiger partial charge in [0.05, 0.1) is 30.9 Å². The van der Waals surface area contributed by atoms with E-state index in [9.17, 15) is 9.90 Å². The summed E-state index contributed by atoms with van der Waals surface area (Å²) in [6.45, 7) is 3.21. The number of aryl methyl sites for hydroxylation is 2. The molecule has 0 radical (unpaired) electrons. The molecular weight excluding hydrogens is 504 g/mol. The van der Waals surface area contributed by atoms with E-state index < -0.39 is 5.60 Å². The van der Waals surface area contributed by atoms with Gasteiger partial charge in [-0.15, -0.1) is 0 Å². The number of hydrogen-bond acceptors (Lipinski definition) is 6. The standard InChI is InChI=1S/C31H42N6O3/c1-40-21-31(39)15-8-7-13-27(31)36-22-33-28(29(36)23-9-3-2-4-10-23)30(38)35-18-16-32-20-25(35)14-17-37-26-12-6-5-11-24(26)19-34-37/h2-4,9-10,19,22,25,27,32,39H,5-8,11-18,20-21H2,1H3/t25?,27-,31-/m1/s1. The molecule has 6 rings (SSSR count). The largest absolute Gasteiger partial charge is 0.385 e. The first-order valence-corrected chi connectivity index (χ1v) is 15.0. The van der Waals surface area contributed by atoms with Gasteiger partial charge in [0.2, 0.25) is 0 Å². The number of piperazine rings is 1. The van der Waals surface area contributed by atoms with Crippen molar-refractivity contribution in [2.75, 3.05) is 33.4 Å². The maximum absolute atomic E-state index is 14.3. The molecule has 3 aromatic rings. The van der Waals surface area contributed by atoms with Crippen molar-refractivity contribution >= 4 is 5.91 Å². The number of rotatable bonds is 8. The highest BCUT2D eigenvalue weighted by Gasteiger charge is 2.42. The minimum absolute atomic E-state index is 0.0438. The SMILES string of the molecule is COC[C@]1(O)CCCC[C@H]1n1cnc(C(=O)N2CCNCC2CCn2ncc3c2CCCC3)c1-c1ccccc1. The number of nitrogens with one attached hydrogen (secondary N) is 1. The average Bonchev–Trinajstić information content (AvgIpc) is 3.61. The van der Waals surface area contributed by atoms with Gasteiger partial charge >= 0.3 is 0 Å². The molecule has 3 heterocycles. The molecule has 1 aliphatic heterocycles. The summed E-state index contributed by atoms with van der Waals surface area (Å²) in [5.41, 5.74) is 3.93. The van der Waals surface area contributed by atoms with Crippen molar-refractivity contribution in [2.45, 2.75) is 82.0 Å². The zero-order chi connectivity index (χ0) is 27.5. The Labute approximate surface area is 236 Å². The molecule has 9 heteroatoms. The Hall–Kier alpha value is -3.01. The number of imidazole rings is 1. The number of carbonyl (C=O) groups is 1. The minimum atomic E-state index is -1.00. The highest BCUT2D eigenvalue weighted by atomic mass is 16.5. The van der Waals surface area contributed by atoms with Gasteiger partial charge in [0.1, 0.15) is 5.60 Å². The number of aromatic nitrogens is 4. The smallest absolute Gasteiger partial charge is 0.275 e. The molecule has 2 N–H and O–H groups in total. The summed E-state index contributed by atoms with van der Waals surface area (Å²) in [6.07, 6.45) is 12.8. The highest BCUT2D eigenvalue weighted by Crippen LogP contribution is 2.41. The maximum Gasteiger partial charge on any atom is 0.275 e. The molecule has 0 bridgehead atoms. The van der Waals surface area contributed by atoms with Crippen molar-refractivity contribution < 1.29 is 14.6 Å². The van der Waals surface area contributed by atoms with Crippen LogP contribution in [-0.2, 0) is 24.1 Å². The molecule has 214 valence electrons. The molecular formula is C31H42N6O3. The van der Waals surface area contributed by atoms with Gasteiger partial charge in [-0.2, -0.15) is 5.10 Å². The predicted molar refractivity (Wildman–Crippen MR) is 153 cm³/mol. The van der Waals surface area contributed by atoms with Gasteiger partial charge in [0.25, 0.3) is 5.91 Å². The van der Waals surface area contributed by atoms with E-state index in [1.807, 2.05) is 46.0 Å². The van der Waals surface area contributed by atoms with Crippen LogP contribution in [0.5, 0.6) is 0 Å². The topological polar surface area (TPSA) is 97.4 Å². The number of carbonyl (C=O) groups excluding carboxylic acids is 1. The Morgan fingerprint density at radius 2 is 2.02 bits per heavy atom. The molecule has 3 atom stereocenters. The summed E-state index contributed by atoms with van der Waals surface area (Å²) in [4.78, 5) is 21.1. The fraction of sp³-hybridized carbons (Fsp3) is 0.581. The number of nitrogens with zero attached hydrogens (tertiary/aromatic N) is 5. The Morgan fingerprint density at radius 1 is 1.18 bits per heavy atom. The molecule has 40 heavy (non-hydrogen) atoms. The third-order valence-electron chi connectivity index (χ3n) is 9.16. The molecule has 1 saturated heterocycles. The number of ether oxygens (including phenoxy) is 1. The fourth-order valence-corrected chi connectivity index (χ4v) is 7.10. The van der Waals surface area contributed by atoms with Gasteiger partial charge in [-0.1, -0.05) is 43.2 Å². The van der Waals surface area contributed by atoms with E-state index in [1.54, 1.807) is 13.4 Å². The number of aliphatic hydroxyl groups is 1. The lowest BCUT2D eigenvalue weighted by molar-refractivity contribution is -0.0893. The van der Waals surface area contributed by atoms with Gasteiger partial charge < -0.3 is 24.6 Å². The lowest BCUT2D eigenvalue weighted by atomic mass is 9.80. The summed E-state index contributed by atoms with van der Waals surface area (Å²) in [5, 5.41) is 19.8. The van der Waals surface area contributed by atoms with Crippen LogP contribution < -0.4 is 5.32 Å². The summed E-state index contributed by atoms with van der Waals surface area (Å²) < 4.78 is 9.68. The van der Waals surface area contributed by atoms with E-state index in [2.05, 4.69) is 10.00 Å². The van der Waals surface area contributed by atoms with E-state index >= 15 is 0 Å². The van der Waals surface area contributed by atoms with Crippen molar-refractivity contribution in [1.29, 1.82) is 0 Å². The van der Waals surface area contributed by atoms with Gasteiger partial charge in [0, 0.05) is 50.6 Å². The Morgan fingerprint density at radius 3 is 2.88 bits per heavy atom. The number of hydrogen-bond donors (Lipinski definition) is 2. The first kappa shape index (κ1) is 27.2. The van der Waals surface area contributed by atoms with Crippen molar-refractivity contribution in [2.24, 2.45) is 0 Å². The Bertz CT molecular complexity index is 1300. The third-order valence-corrected chi connectivity index (χ3v) is 9.16. The van der Waals surface area contributed by atoms with Crippen LogP contribution in [0.4, 0.5) is 0 Å². The van der Waals surface area contributed by atoms with Crippen LogP contribution in [0.3, 0.4) is 0 Å². The fourth-order valence-electron chi connectivity index (χ4n) is 7.10. The first-order chi connectivity index (χ1) is 19.6. The summed E-state index contributed by atoms with van der Waals surface area (Å²) >= 11 is 0. The van der Waals surface area contributed by atoms with Crippen LogP contribution in [-0.4, -0.2) is 80.2 Å². The molecule has 2 fully saturated rings. The molecule has 1 amide bonds. The molecule has 1 unspecified atom stereocenters. The molecule has 1 aromatic carbocycles. The highest BCUT2D eigenvalue weighted by molar-refractivity contribution is 5.98. The Kier molecular flexibility index (Phi) is 8.05. The van der Waals surface area contributed by atoms with Crippen molar-refractivity contribution in [3.63, 3.8) is 0 Å². The molecule has 3 aliphatic rings. The van der Waals surface area contributed by atoms with Gasteiger partial charge in [-0.3, -0.25) is 9.48 Å². The average molecular weight is 547 g/mol. The quantitative estimate of drug-likeness (QED) is 0.448. The van der Waals surface area contributed by atoms with Crippen molar-refractivity contribution in [3.8, 4) is 11.3 Å². The van der Waals surface area contributed by atoms with E-state index in [4.69, 9.17) is 14.8 Å². The van der Waals surface area contributed by atoms with E-state index in [-0.39, 0.29) is 24.6 Å². The van der Waals surface area contributed by atoms with E-state index in [1.165, 1.54) is 24.1 Å². The lowest BCUT2D eigenvalue weighted by Crippen LogP contribution is -2.54. The second kappa shape index (κ2) is 11.8. The van der Waals surface area contributed by atoms with E-state index in [0.29, 0.717) is 18.7 Å². The lowest BCUT2D eigenvalue weighted by Gasteiger charge is -2.41. The third kappa shape index (κ3) is 5.22. The molecule has 2 aromatic heterocycles. The van der Waals surface area contributed by atoms with Crippen LogP contribution in [0.25, 0.3) is 11.3 Å². The van der Waals surface area contributed by atoms with Gasteiger partial charge in [0.15, 0.2) is 5.69 Å². The minimum Gasteiger partial charge on any atom is -0.385 e. The van der Waals surface area contributed by atoms with Crippen molar-refractivity contribution in [1.82, 2.24) is 29.5 Å². The van der Waals surface area contributed by atoms with Crippen LogP contribution >= 0.6 is 0 Å². The van der Waals surface area contributed by atoms with Crippen LogP contribution in [0.2, 0.25) is 0 Å². The molecule has 0 spiro atoms. The number of benzene rings is 1. The summed E-state index contributed by atoms with van der Waals surface area (Å²) in [7, 11) is 1.63. The predicted octanol–water partition coefficient (Wildman–Crippen LogP) is 3.62. The summed E-state index contributed by atoms with van der Waals surface area (Å²) in [6, 6.07) is 9.85. The summed E-state index contributed by atoms with van der Waals surface area (Å²) in [5.74, 6) is -0.0438. The second-order valence-corrected chi connectivity index (χ2v) is 11.7. The van der Waals surface area contributed by atoms with Gasteiger partial charge in [-0.05, 0) is 50.5 Å². The second-order valence-electron chi connectivity index (χ2n) is 11.7. The number of fused-ring (bicyclic) bond motifs is 1. The van der Waals surface area contributed by atoms with Crippen molar-refractivity contribution in [3.05, 3.63) is 59.8 Å². The number of amides is 1. The zero-order valence-corrected chi connectivity index (χ0v) is 23.6. The molecule has 9 nitrogen and oxygen atoms in total. The van der Waals surface area contributed by atoms with Crippen LogP contribution in [0.15, 0.2) is 42.9 Å². The van der Waals surface area contributed by atoms with E-state index in [0.717, 1.165) is 69.4 Å². The van der Waals surface area contributed by atoms with Crippen LogP contribution in [0.1, 0.15) is 72.7 Å². The maximum atomic E-state index is 14.3. The Balaban J connectivity index is 1.30. The van der Waals surface area contributed by atoms with Crippen LogP contribution in [0, 0.1) is 0 Å². The monoisotopic (exact) mass is 546 g/mol. The normalized spacial score (nSPS) is 25.1. The number of methoxy groups -OCH3 is 1.